The first-order valence-electron chi connectivity index (χ1n) is 8.82. The molecular formula is C18H23ClN4O3S. The molecule has 0 saturated carbocycles. The van der Waals surface area contributed by atoms with E-state index in [9.17, 15) is 8.42 Å². The number of rotatable bonds is 6. The Morgan fingerprint density at radius 1 is 1.19 bits per heavy atom. The summed E-state index contributed by atoms with van der Waals surface area (Å²) in [5.74, 6) is 1.71. The number of hydrogen-bond donors (Lipinski definition) is 1. The maximum atomic E-state index is 12.6. The average Bonchev–Trinajstić information content (AvgIpc) is 2.67. The fourth-order valence-corrected chi connectivity index (χ4v) is 4.36. The minimum atomic E-state index is -3.74. The van der Waals surface area contributed by atoms with Gasteiger partial charge in [-0.15, -0.1) is 0 Å². The quantitative estimate of drug-likeness (QED) is 0.788. The normalized spacial score (nSPS) is 15.0. The highest BCUT2D eigenvalue weighted by atomic mass is 35.5. The van der Waals surface area contributed by atoms with Crippen molar-refractivity contribution in [3.8, 4) is 5.75 Å². The van der Waals surface area contributed by atoms with E-state index < -0.39 is 10.0 Å². The molecule has 1 N–H and O–H groups in total. The predicted octanol–water partition coefficient (Wildman–Crippen LogP) is 2.92. The number of halogens is 1. The van der Waals surface area contributed by atoms with E-state index in [0.29, 0.717) is 11.6 Å². The number of benzene rings is 1. The summed E-state index contributed by atoms with van der Waals surface area (Å²) in [6.45, 7) is 3.82. The SMILES string of the molecule is COc1ccc(S(=O)(=O)NCc2nc(C)cc(N3CCCCC3)n2)cc1Cl. The second-order valence-corrected chi connectivity index (χ2v) is 8.63. The fraction of sp³-hybridized carbons (Fsp3) is 0.444. The van der Waals surface area contributed by atoms with Crippen molar-refractivity contribution in [3.63, 3.8) is 0 Å². The molecule has 1 aliphatic rings. The van der Waals surface area contributed by atoms with Gasteiger partial charge in [0.2, 0.25) is 10.0 Å². The van der Waals surface area contributed by atoms with Crippen molar-refractivity contribution in [2.24, 2.45) is 0 Å². The number of sulfonamides is 1. The number of ether oxygens (including phenoxy) is 1. The fourth-order valence-electron chi connectivity index (χ4n) is 3.03. The van der Waals surface area contributed by atoms with Crippen molar-refractivity contribution in [2.75, 3.05) is 25.1 Å². The van der Waals surface area contributed by atoms with Crippen molar-refractivity contribution in [3.05, 3.63) is 40.8 Å². The topological polar surface area (TPSA) is 84.4 Å². The number of aryl methyl sites for hydroxylation is 1. The molecule has 146 valence electrons. The molecule has 2 aromatic rings. The molecule has 1 fully saturated rings. The van der Waals surface area contributed by atoms with Gasteiger partial charge in [0, 0.05) is 24.8 Å². The Bertz CT molecular complexity index is 915. The first kappa shape index (κ1) is 19.9. The molecule has 3 rings (SSSR count). The standard InChI is InChI=1S/C18H23ClN4O3S/c1-13-10-18(23-8-4-3-5-9-23)22-17(21-13)12-20-27(24,25)14-6-7-16(26-2)15(19)11-14/h6-7,10-11,20H,3-5,8-9,12H2,1-2H3. The first-order chi connectivity index (χ1) is 12.9. The minimum Gasteiger partial charge on any atom is -0.495 e. The van der Waals surface area contributed by atoms with E-state index in [1.807, 2.05) is 13.0 Å². The highest BCUT2D eigenvalue weighted by molar-refractivity contribution is 7.89. The van der Waals surface area contributed by atoms with E-state index in [4.69, 9.17) is 16.3 Å². The maximum absolute atomic E-state index is 12.6. The second kappa shape index (κ2) is 8.41. The number of nitrogens with one attached hydrogen (secondary N) is 1. The third kappa shape index (κ3) is 4.88. The summed E-state index contributed by atoms with van der Waals surface area (Å²) in [7, 11) is -2.27. The van der Waals surface area contributed by atoms with Crippen LogP contribution < -0.4 is 14.4 Å². The molecule has 0 amide bonds. The zero-order chi connectivity index (χ0) is 19.4. The van der Waals surface area contributed by atoms with Crippen molar-refractivity contribution in [1.29, 1.82) is 0 Å². The van der Waals surface area contributed by atoms with Crippen LogP contribution in [0.4, 0.5) is 5.82 Å². The van der Waals surface area contributed by atoms with Crippen molar-refractivity contribution < 1.29 is 13.2 Å². The average molecular weight is 411 g/mol. The highest BCUT2D eigenvalue weighted by Gasteiger charge is 2.18. The number of aromatic nitrogens is 2. The van der Waals surface area contributed by atoms with Gasteiger partial charge in [0.15, 0.2) is 0 Å². The van der Waals surface area contributed by atoms with Crippen LogP contribution in [0.3, 0.4) is 0 Å². The highest BCUT2D eigenvalue weighted by Crippen LogP contribution is 2.27. The molecule has 0 spiro atoms. The second-order valence-electron chi connectivity index (χ2n) is 6.45. The summed E-state index contributed by atoms with van der Waals surface area (Å²) in [6.07, 6.45) is 3.52. The van der Waals surface area contributed by atoms with Gasteiger partial charge in [-0.2, -0.15) is 0 Å². The lowest BCUT2D eigenvalue weighted by atomic mass is 10.1. The Morgan fingerprint density at radius 2 is 1.93 bits per heavy atom. The Kier molecular flexibility index (Phi) is 6.18. The molecule has 0 unspecified atom stereocenters. The largest absolute Gasteiger partial charge is 0.495 e. The number of anilines is 1. The van der Waals surface area contributed by atoms with Crippen LogP contribution in [0.2, 0.25) is 5.02 Å². The number of nitrogens with zero attached hydrogens (tertiary/aromatic N) is 3. The molecule has 1 saturated heterocycles. The molecule has 27 heavy (non-hydrogen) atoms. The van der Waals surface area contributed by atoms with E-state index in [1.165, 1.54) is 31.7 Å². The zero-order valence-electron chi connectivity index (χ0n) is 15.4. The van der Waals surface area contributed by atoms with Gasteiger partial charge >= 0.3 is 0 Å². The lowest BCUT2D eigenvalue weighted by molar-refractivity contribution is 0.414. The van der Waals surface area contributed by atoms with Crippen LogP contribution in [-0.2, 0) is 16.6 Å². The molecule has 0 atom stereocenters. The van der Waals surface area contributed by atoms with Gasteiger partial charge in [0.05, 0.1) is 23.6 Å². The third-order valence-corrected chi connectivity index (χ3v) is 6.12. The van der Waals surface area contributed by atoms with E-state index in [-0.39, 0.29) is 16.5 Å². The van der Waals surface area contributed by atoms with Crippen molar-refractivity contribution in [1.82, 2.24) is 14.7 Å². The zero-order valence-corrected chi connectivity index (χ0v) is 17.0. The van der Waals surface area contributed by atoms with E-state index >= 15 is 0 Å². The molecule has 0 aliphatic carbocycles. The van der Waals surface area contributed by atoms with Gasteiger partial charge in [0.1, 0.15) is 17.4 Å². The van der Waals surface area contributed by atoms with Gasteiger partial charge in [-0.25, -0.2) is 23.1 Å². The summed E-state index contributed by atoms with van der Waals surface area (Å²) >= 11 is 6.03. The van der Waals surface area contributed by atoms with E-state index in [1.54, 1.807) is 0 Å². The maximum Gasteiger partial charge on any atom is 0.241 e. The summed E-state index contributed by atoms with van der Waals surface area (Å²) in [5.41, 5.74) is 0.812. The third-order valence-electron chi connectivity index (χ3n) is 4.42. The molecule has 0 radical (unpaired) electrons. The smallest absolute Gasteiger partial charge is 0.241 e. The van der Waals surface area contributed by atoms with Gasteiger partial charge in [0.25, 0.3) is 0 Å². The summed E-state index contributed by atoms with van der Waals surface area (Å²) in [6, 6.07) is 6.27. The summed E-state index contributed by atoms with van der Waals surface area (Å²) in [4.78, 5) is 11.2. The molecule has 1 aromatic carbocycles. The monoisotopic (exact) mass is 410 g/mol. The first-order valence-corrected chi connectivity index (χ1v) is 10.7. The predicted molar refractivity (Wildman–Crippen MR) is 105 cm³/mol. The lowest BCUT2D eigenvalue weighted by Gasteiger charge is -2.28. The molecular weight excluding hydrogens is 388 g/mol. The van der Waals surface area contributed by atoms with Crippen LogP contribution in [0.15, 0.2) is 29.2 Å². The Labute approximate surface area is 164 Å². The number of hydrogen-bond acceptors (Lipinski definition) is 6. The number of methoxy groups -OCH3 is 1. The van der Waals surface area contributed by atoms with Gasteiger partial charge in [-0.1, -0.05) is 11.6 Å². The summed E-state index contributed by atoms with van der Waals surface area (Å²) in [5, 5.41) is 0.236. The molecule has 2 heterocycles. The van der Waals surface area contributed by atoms with Gasteiger partial charge in [-0.05, 0) is 44.4 Å². The minimum absolute atomic E-state index is 0.00843. The van der Waals surface area contributed by atoms with Crippen LogP contribution in [0, 0.1) is 6.92 Å². The van der Waals surface area contributed by atoms with Crippen molar-refractivity contribution in [2.45, 2.75) is 37.6 Å². The molecule has 9 heteroatoms. The van der Waals surface area contributed by atoms with Crippen molar-refractivity contribution >= 4 is 27.4 Å². The van der Waals surface area contributed by atoms with Crippen LogP contribution in [0.1, 0.15) is 30.8 Å². The molecule has 7 nitrogen and oxygen atoms in total. The van der Waals surface area contributed by atoms with E-state index in [0.717, 1.165) is 37.4 Å². The Morgan fingerprint density at radius 3 is 2.59 bits per heavy atom. The Hall–Kier alpha value is -1.90. The van der Waals surface area contributed by atoms with Gasteiger partial charge in [-0.3, -0.25) is 0 Å². The van der Waals surface area contributed by atoms with Crippen LogP contribution in [-0.4, -0.2) is 38.6 Å². The Balaban J connectivity index is 1.75. The van der Waals surface area contributed by atoms with Crippen LogP contribution in [0.25, 0.3) is 0 Å². The molecule has 1 aliphatic heterocycles. The molecule has 1 aromatic heterocycles. The lowest BCUT2D eigenvalue weighted by Crippen LogP contribution is -2.31. The number of piperidine rings is 1. The van der Waals surface area contributed by atoms with E-state index in [2.05, 4.69) is 19.6 Å². The summed E-state index contributed by atoms with van der Waals surface area (Å²) < 4.78 is 32.7. The molecule has 0 bridgehead atoms. The van der Waals surface area contributed by atoms with Crippen LogP contribution >= 0.6 is 11.6 Å². The van der Waals surface area contributed by atoms with Crippen LogP contribution in [0.5, 0.6) is 5.75 Å². The van der Waals surface area contributed by atoms with Gasteiger partial charge < -0.3 is 9.64 Å².